The van der Waals surface area contributed by atoms with Crippen molar-refractivity contribution in [1.29, 1.82) is 0 Å². The lowest BCUT2D eigenvalue weighted by atomic mass is 9.82. The second-order valence-electron chi connectivity index (χ2n) is 6.91. The average Bonchev–Trinajstić information content (AvgIpc) is 2.83. The fraction of sp³-hybridized carbons (Fsp3) is 0.600. The second-order valence-corrected chi connectivity index (χ2v) is 6.91. The van der Waals surface area contributed by atoms with Gasteiger partial charge in [0.2, 0.25) is 0 Å². The quantitative estimate of drug-likeness (QED) is 0.724. The molecule has 0 radical (unpaired) electrons. The van der Waals surface area contributed by atoms with Crippen LogP contribution in [-0.2, 0) is 11.2 Å². The van der Waals surface area contributed by atoms with Crippen molar-refractivity contribution in [3.8, 4) is 0 Å². The van der Waals surface area contributed by atoms with Crippen LogP contribution >= 0.6 is 0 Å². The molecule has 1 heterocycles. The molecule has 23 heavy (non-hydrogen) atoms. The average molecular weight is 317 g/mol. The Morgan fingerprint density at radius 2 is 2.00 bits per heavy atom. The van der Waals surface area contributed by atoms with E-state index in [1.54, 1.807) is 0 Å². The van der Waals surface area contributed by atoms with Gasteiger partial charge in [0.25, 0.3) is 0 Å². The van der Waals surface area contributed by atoms with Gasteiger partial charge in [-0.2, -0.15) is 0 Å². The highest BCUT2D eigenvalue weighted by Gasteiger charge is 2.40. The van der Waals surface area contributed by atoms with Crippen LogP contribution in [0.2, 0.25) is 0 Å². The zero-order valence-electron chi connectivity index (χ0n) is 14.4. The molecule has 0 unspecified atom stereocenters. The van der Waals surface area contributed by atoms with Crippen molar-refractivity contribution >= 4 is 0 Å². The number of aryl methyl sites for hydroxylation is 2. The third kappa shape index (κ3) is 4.90. The Morgan fingerprint density at radius 1 is 1.30 bits per heavy atom. The lowest BCUT2D eigenvalue weighted by Gasteiger charge is -2.21. The summed E-state index contributed by atoms with van der Waals surface area (Å²) < 4.78 is 6.22. The molecule has 0 spiro atoms. The van der Waals surface area contributed by atoms with Crippen LogP contribution in [0.4, 0.5) is 0 Å². The van der Waals surface area contributed by atoms with E-state index in [0.29, 0.717) is 24.8 Å². The highest BCUT2D eigenvalue weighted by atomic mass is 16.5. The van der Waals surface area contributed by atoms with Gasteiger partial charge in [0, 0.05) is 13.0 Å². The van der Waals surface area contributed by atoms with E-state index in [-0.39, 0.29) is 12.2 Å². The Balaban J connectivity index is 1.98. The van der Waals surface area contributed by atoms with Crippen LogP contribution in [0.3, 0.4) is 0 Å². The van der Waals surface area contributed by atoms with Gasteiger partial charge in [-0.05, 0) is 43.6 Å². The first-order valence-electron chi connectivity index (χ1n) is 8.75. The molecular formula is C20H31NO2. The number of benzene rings is 1. The summed E-state index contributed by atoms with van der Waals surface area (Å²) in [6, 6.07) is 8.78. The van der Waals surface area contributed by atoms with Crippen molar-refractivity contribution in [2.45, 2.75) is 57.8 Å². The molecule has 1 aromatic carbocycles. The van der Waals surface area contributed by atoms with E-state index in [9.17, 15) is 5.11 Å². The van der Waals surface area contributed by atoms with Crippen LogP contribution in [0.1, 0.15) is 37.3 Å². The maximum atomic E-state index is 9.85. The van der Waals surface area contributed by atoms with E-state index >= 15 is 0 Å². The molecule has 128 valence electrons. The molecule has 1 fully saturated rings. The molecule has 3 nitrogen and oxygen atoms in total. The molecule has 0 bridgehead atoms. The molecule has 0 aliphatic carbocycles. The minimum atomic E-state index is -0.470. The van der Waals surface area contributed by atoms with E-state index < -0.39 is 6.10 Å². The SMILES string of the molecule is C=CC[C@@H]1O[C@H](C[C@H](O)CN)[C@H](C)[C@H]1CCc1ccc(C)cc1. The smallest absolute Gasteiger partial charge is 0.0687 e. The van der Waals surface area contributed by atoms with Gasteiger partial charge in [0.1, 0.15) is 0 Å². The van der Waals surface area contributed by atoms with Crippen LogP contribution in [0.25, 0.3) is 0 Å². The Kier molecular flexibility index (Phi) is 6.82. The third-order valence-electron chi connectivity index (χ3n) is 5.15. The van der Waals surface area contributed by atoms with Crippen molar-refractivity contribution in [2.24, 2.45) is 17.6 Å². The van der Waals surface area contributed by atoms with Crippen molar-refractivity contribution < 1.29 is 9.84 Å². The largest absolute Gasteiger partial charge is 0.392 e. The molecule has 1 saturated heterocycles. The topological polar surface area (TPSA) is 55.5 Å². The standard InChI is InChI=1S/C20H31NO2/c1-4-5-19-18(11-10-16-8-6-14(2)7-9-16)15(3)20(23-19)12-17(22)13-21/h4,6-9,15,17-20,22H,1,5,10-13,21H2,2-3H3/t15-,17+,18-,19+,20-/m1/s1. The molecule has 0 amide bonds. The zero-order chi connectivity index (χ0) is 16.8. The van der Waals surface area contributed by atoms with E-state index in [1.165, 1.54) is 11.1 Å². The summed E-state index contributed by atoms with van der Waals surface area (Å²) in [5.74, 6) is 0.941. The normalized spacial score (nSPS) is 28.7. The number of rotatable bonds is 8. The molecule has 5 atom stereocenters. The molecule has 2 rings (SSSR count). The first-order chi connectivity index (χ1) is 11.0. The van der Waals surface area contributed by atoms with Crippen LogP contribution in [-0.4, -0.2) is 30.0 Å². The summed E-state index contributed by atoms with van der Waals surface area (Å²) in [6.07, 6.45) is 5.46. The Bertz CT molecular complexity index is 485. The highest BCUT2D eigenvalue weighted by Crippen LogP contribution is 2.39. The van der Waals surface area contributed by atoms with Gasteiger partial charge >= 0.3 is 0 Å². The van der Waals surface area contributed by atoms with Crippen LogP contribution in [0.15, 0.2) is 36.9 Å². The van der Waals surface area contributed by atoms with Gasteiger partial charge in [0.05, 0.1) is 18.3 Å². The van der Waals surface area contributed by atoms with Gasteiger partial charge in [-0.15, -0.1) is 6.58 Å². The van der Waals surface area contributed by atoms with E-state index in [4.69, 9.17) is 10.5 Å². The summed E-state index contributed by atoms with van der Waals surface area (Å²) in [7, 11) is 0. The molecule has 3 heteroatoms. The molecule has 1 aromatic rings. The molecule has 1 aliphatic heterocycles. The number of aliphatic hydroxyl groups excluding tert-OH is 1. The van der Waals surface area contributed by atoms with E-state index in [1.807, 2.05) is 6.08 Å². The van der Waals surface area contributed by atoms with Gasteiger partial charge < -0.3 is 15.6 Å². The Labute approximate surface area is 140 Å². The number of aliphatic hydroxyl groups is 1. The van der Waals surface area contributed by atoms with Gasteiger partial charge in [-0.25, -0.2) is 0 Å². The number of hydrogen-bond acceptors (Lipinski definition) is 3. The molecular weight excluding hydrogens is 286 g/mol. The monoisotopic (exact) mass is 317 g/mol. The molecule has 3 N–H and O–H groups in total. The number of nitrogens with two attached hydrogens (primary N) is 1. The predicted molar refractivity (Wildman–Crippen MR) is 95.3 cm³/mol. The lowest BCUT2D eigenvalue weighted by molar-refractivity contribution is 0.00253. The number of ether oxygens (including phenoxy) is 1. The van der Waals surface area contributed by atoms with E-state index in [2.05, 4.69) is 44.7 Å². The molecule has 0 saturated carbocycles. The zero-order valence-corrected chi connectivity index (χ0v) is 14.4. The predicted octanol–water partition coefficient (Wildman–Crippen LogP) is 3.23. The maximum Gasteiger partial charge on any atom is 0.0687 e. The molecule has 0 aromatic heterocycles. The van der Waals surface area contributed by atoms with Gasteiger partial charge in [-0.1, -0.05) is 42.8 Å². The maximum absolute atomic E-state index is 9.85. The fourth-order valence-corrected chi connectivity index (χ4v) is 3.63. The van der Waals surface area contributed by atoms with Crippen molar-refractivity contribution in [2.75, 3.05) is 6.54 Å². The highest BCUT2D eigenvalue weighted by molar-refractivity contribution is 5.21. The van der Waals surface area contributed by atoms with Crippen LogP contribution < -0.4 is 5.73 Å². The number of hydrogen-bond donors (Lipinski definition) is 2. The second kappa shape index (κ2) is 8.62. The van der Waals surface area contributed by atoms with E-state index in [0.717, 1.165) is 19.3 Å². The van der Waals surface area contributed by atoms with Crippen LogP contribution in [0.5, 0.6) is 0 Å². The lowest BCUT2D eigenvalue weighted by Crippen LogP contribution is -2.28. The van der Waals surface area contributed by atoms with Gasteiger partial charge in [0.15, 0.2) is 0 Å². The van der Waals surface area contributed by atoms with Crippen molar-refractivity contribution in [3.05, 3.63) is 48.0 Å². The van der Waals surface area contributed by atoms with Gasteiger partial charge in [-0.3, -0.25) is 0 Å². The minimum Gasteiger partial charge on any atom is -0.392 e. The molecule has 1 aliphatic rings. The summed E-state index contributed by atoms with van der Waals surface area (Å²) in [4.78, 5) is 0. The van der Waals surface area contributed by atoms with Crippen molar-refractivity contribution in [1.82, 2.24) is 0 Å². The summed E-state index contributed by atoms with van der Waals surface area (Å²) >= 11 is 0. The summed E-state index contributed by atoms with van der Waals surface area (Å²) in [5, 5.41) is 9.85. The Hall–Kier alpha value is -1.16. The summed E-state index contributed by atoms with van der Waals surface area (Å²) in [5.41, 5.74) is 8.23. The summed E-state index contributed by atoms with van der Waals surface area (Å²) in [6.45, 7) is 8.52. The van der Waals surface area contributed by atoms with Crippen molar-refractivity contribution in [3.63, 3.8) is 0 Å². The first kappa shape index (κ1) is 18.2. The minimum absolute atomic E-state index is 0.0986. The fourth-order valence-electron chi connectivity index (χ4n) is 3.63. The Morgan fingerprint density at radius 3 is 2.61 bits per heavy atom. The third-order valence-corrected chi connectivity index (χ3v) is 5.15. The van der Waals surface area contributed by atoms with Crippen LogP contribution in [0, 0.1) is 18.8 Å². The first-order valence-corrected chi connectivity index (χ1v) is 8.75.